The van der Waals surface area contributed by atoms with Gasteiger partial charge in [0.2, 0.25) is 15.9 Å². The first kappa shape index (κ1) is 16.9. The van der Waals surface area contributed by atoms with Crippen molar-refractivity contribution in [3.63, 3.8) is 0 Å². The van der Waals surface area contributed by atoms with Crippen LogP contribution in [0.1, 0.15) is 18.1 Å². The number of anilines is 1. The summed E-state index contributed by atoms with van der Waals surface area (Å²) in [5.74, 6) is -0.116. The lowest BCUT2D eigenvalue weighted by molar-refractivity contribution is -0.114. The van der Waals surface area contributed by atoms with E-state index in [-0.39, 0.29) is 10.8 Å². The highest BCUT2D eigenvalue weighted by atomic mass is 32.2. The van der Waals surface area contributed by atoms with E-state index in [2.05, 4.69) is 10.3 Å². The number of rotatable bonds is 5. The van der Waals surface area contributed by atoms with E-state index >= 15 is 0 Å². The van der Waals surface area contributed by atoms with Gasteiger partial charge in [-0.05, 0) is 35.4 Å². The van der Waals surface area contributed by atoms with Crippen molar-refractivity contribution in [2.24, 2.45) is 10.1 Å². The molecule has 120 valence electrons. The maximum atomic E-state index is 11.2. The largest absolute Gasteiger partial charge is 0.326 e. The van der Waals surface area contributed by atoms with Crippen LogP contribution in [-0.4, -0.2) is 20.5 Å². The van der Waals surface area contributed by atoms with Gasteiger partial charge in [0.15, 0.2) is 0 Å². The van der Waals surface area contributed by atoms with E-state index in [0.717, 1.165) is 16.8 Å². The third kappa shape index (κ3) is 5.32. The van der Waals surface area contributed by atoms with Crippen LogP contribution in [0, 0.1) is 0 Å². The molecular formula is C16H17N3O3S. The first-order chi connectivity index (χ1) is 10.8. The van der Waals surface area contributed by atoms with Crippen LogP contribution >= 0.6 is 0 Å². The van der Waals surface area contributed by atoms with Crippen LogP contribution in [0.25, 0.3) is 0 Å². The number of hydrogen-bond donors (Lipinski definition) is 2. The Labute approximate surface area is 135 Å². The van der Waals surface area contributed by atoms with Gasteiger partial charge in [0.05, 0.1) is 11.4 Å². The van der Waals surface area contributed by atoms with Crippen molar-refractivity contribution < 1.29 is 13.2 Å². The van der Waals surface area contributed by atoms with Gasteiger partial charge < -0.3 is 5.32 Å². The smallest absolute Gasteiger partial charge is 0.238 e. The second-order valence-corrected chi connectivity index (χ2v) is 6.52. The van der Waals surface area contributed by atoms with Crippen LogP contribution in [0.15, 0.2) is 58.4 Å². The van der Waals surface area contributed by atoms with Crippen LogP contribution in [0.2, 0.25) is 0 Å². The monoisotopic (exact) mass is 331 g/mol. The number of nitrogens with zero attached hydrogens (tertiary/aromatic N) is 1. The molecule has 23 heavy (non-hydrogen) atoms. The van der Waals surface area contributed by atoms with Gasteiger partial charge in [-0.2, -0.15) is 0 Å². The third-order valence-corrected chi connectivity index (χ3v) is 3.93. The Bertz CT molecular complexity index is 811. The molecule has 1 amide bonds. The van der Waals surface area contributed by atoms with E-state index in [1.807, 2.05) is 12.1 Å². The molecule has 0 fully saturated rings. The van der Waals surface area contributed by atoms with E-state index in [1.165, 1.54) is 19.1 Å². The molecule has 6 nitrogen and oxygen atoms in total. The van der Waals surface area contributed by atoms with Crippen LogP contribution in [0.5, 0.6) is 0 Å². The fourth-order valence-electron chi connectivity index (χ4n) is 1.90. The standard InChI is InChI=1S/C16H17N3O3S/c1-12(20)19-15-6-2-13(3-7-15)10-18-11-14-4-8-16(9-5-14)23(17,21)22/h2-10H,11H2,1H3,(H,19,20)(H2,17,21,22). The summed E-state index contributed by atoms with van der Waals surface area (Å²) in [6.45, 7) is 1.88. The number of nitrogens with one attached hydrogen (secondary N) is 1. The summed E-state index contributed by atoms with van der Waals surface area (Å²) in [4.78, 5) is 15.3. The maximum Gasteiger partial charge on any atom is 0.238 e. The van der Waals surface area contributed by atoms with Gasteiger partial charge in [0.1, 0.15) is 0 Å². The fraction of sp³-hybridized carbons (Fsp3) is 0.125. The number of carbonyl (C=O) groups is 1. The molecule has 0 aromatic heterocycles. The number of amides is 1. The molecule has 2 rings (SSSR count). The van der Waals surface area contributed by atoms with E-state index in [9.17, 15) is 13.2 Å². The summed E-state index contributed by atoms with van der Waals surface area (Å²) in [5.41, 5.74) is 2.51. The zero-order chi connectivity index (χ0) is 16.9. The van der Waals surface area contributed by atoms with Crippen molar-refractivity contribution in [3.8, 4) is 0 Å². The lowest BCUT2D eigenvalue weighted by atomic mass is 10.2. The summed E-state index contributed by atoms with van der Waals surface area (Å²) < 4.78 is 22.3. The Morgan fingerprint density at radius 3 is 2.26 bits per heavy atom. The Morgan fingerprint density at radius 2 is 1.74 bits per heavy atom. The van der Waals surface area contributed by atoms with Gasteiger partial charge in [0, 0.05) is 18.8 Å². The minimum absolute atomic E-state index is 0.0822. The van der Waals surface area contributed by atoms with Crippen molar-refractivity contribution in [1.29, 1.82) is 0 Å². The SMILES string of the molecule is CC(=O)Nc1ccc(C=NCc2ccc(S(N)(=O)=O)cc2)cc1. The molecule has 0 bridgehead atoms. The first-order valence-electron chi connectivity index (χ1n) is 6.84. The molecule has 7 heteroatoms. The molecule has 0 saturated carbocycles. The van der Waals surface area contributed by atoms with Gasteiger partial charge in [-0.3, -0.25) is 9.79 Å². The summed E-state index contributed by atoms with van der Waals surface area (Å²) in [6, 6.07) is 13.6. The predicted octanol–water partition coefficient (Wildman–Crippen LogP) is 1.91. The van der Waals surface area contributed by atoms with E-state index in [4.69, 9.17) is 5.14 Å². The van der Waals surface area contributed by atoms with Gasteiger partial charge in [-0.15, -0.1) is 0 Å². The molecule has 0 aliphatic carbocycles. The number of benzene rings is 2. The quantitative estimate of drug-likeness (QED) is 0.818. The van der Waals surface area contributed by atoms with Crippen LogP contribution < -0.4 is 10.5 Å². The average molecular weight is 331 g/mol. The minimum Gasteiger partial charge on any atom is -0.326 e. The lowest BCUT2D eigenvalue weighted by Gasteiger charge is -2.02. The zero-order valence-corrected chi connectivity index (χ0v) is 13.4. The summed E-state index contributed by atoms with van der Waals surface area (Å²) in [6.07, 6.45) is 1.71. The normalized spacial score (nSPS) is 11.6. The fourth-order valence-corrected chi connectivity index (χ4v) is 2.41. The van der Waals surface area contributed by atoms with Crippen LogP contribution in [0.4, 0.5) is 5.69 Å². The second-order valence-electron chi connectivity index (χ2n) is 4.96. The molecular weight excluding hydrogens is 314 g/mol. The van der Waals surface area contributed by atoms with Gasteiger partial charge >= 0.3 is 0 Å². The number of primary sulfonamides is 1. The molecule has 2 aromatic carbocycles. The van der Waals surface area contributed by atoms with Crippen molar-refractivity contribution in [1.82, 2.24) is 0 Å². The number of aliphatic imine (C=N–C) groups is 1. The predicted molar refractivity (Wildman–Crippen MR) is 89.9 cm³/mol. The van der Waals surface area contributed by atoms with Crippen LogP contribution in [-0.2, 0) is 21.4 Å². The number of sulfonamides is 1. The highest BCUT2D eigenvalue weighted by molar-refractivity contribution is 7.89. The van der Waals surface area contributed by atoms with Crippen molar-refractivity contribution in [2.45, 2.75) is 18.4 Å². The van der Waals surface area contributed by atoms with Crippen molar-refractivity contribution >= 4 is 27.8 Å². The molecule has 2 aromatic rings. The van der Waals surface area contributed by atoms with Gasteiger partial charge in [-0.1, -0.05) is 24.3 Å². The first-order valence-corrected chi connectivity index (χ1v) is 8.38. The summed E-state index contributed by atoms with van der Waals surface area (Å²) in [5, 5.41) is 7.73. The Balaban J connectivity index is 1.97. The van der Waals surface area contributed by atoms with E-state index in [0.29, 0.717) is 6.54 Å². The van der Waals surface area contributed by atoms with E-state index in [1.54, 1.807) is 30.5 Å². The highest BCUT2D eigenvalue weighted by Crippen LogP contribution is 2.10. The molecule has 0 radical (unpaired) electrons. The lowest BCUT2D eigenvalue weighted by Crippen LogP contribution is -2.11. The third-order valence-electron chi connectivity index (χ3n) is 3.00. The Morgan fingerprint density at radius 1 is 1.13 bits per heavy atom. The molecule has 0 aliphatic rings. The molecule has 0 unspecified atom stereocenters. The number of nitrogens with two attached hydrogens (primary N) is 1. The second kappa shape index (κ2) is 7.17. The minimum atomic E-state index is -3.66. The molecule has 0 saturated heterocycles. The highest BCUT2D eigenvalue weighted by Gasteiger charge is 2.06. The molecule has 0 aliphatic heterocycles. The van der Waals surface area contributed by atoms with E-state index < -0.39 is 10.0 Å². The molecule has 0 atom stereocenters. The molecule has 0 spiro atoms. The zero-order valence-electron chi connectivity index (χ0n) is 12.6. The molecule has 3 N–H and O–H groups in total. The summed E-state index contributed by atoms with van der Waals surface area (Å²) >= 11 is 0. The topological polar surface area (TPSA) is 102 Å². The van der Waals surface area contributed by atoms with Gasteiger partial charge in [0.25, 0.3) is 0 Å². The number of hydrogen-bond acceptors (Lipinski definition) is 4. The maximum absolute atomic E-state index is 11.2. The average Bonchev–Trinajstić information content (AvgIpc) is 2.48. The number of carbonyl (C=O) groups excluding carboxylic acids is 1. The molecule has 0 heterocycles. The summed E-state index contributed by atoms with van der Waals surface area (Å²) in [7, 11) is -3.66. The van der Waals surface area contributed by atoms with Crippen molar-refractivity contribution in [2.75, 3.05) is 5.32 Å². The Hall–Kier alpha value is -2.51. The van der Waals surface area contributed by atoms with Crippen LogP contribution in [0.3, 0.4) is 0 Å². The van der Waals surface area contributed by atoms with Gasteiger partial charge in [-0.25, -0.2) is 13.6 Å². The van der Waals surface area contributed by atoms with Crippen molar-refractivity contribution in [3.05, 3.63) is 59.7 Å². The Kier molecular flexibility index (Phi) is 5.25.